The van der Waals surface area contributed by atoms with Gasteiger partial charge < -0.3 is 10.6 Å². The van der Waals surface area contributed by atoms with Crippen LogP contribution in [0.4, 0.5) is 5.69 Å². The molecule has 0 saturated heterocycles. The van der Waals surface area contributed by atoms with Gasteiger partial charge in [0, 0.05) is 28.1 Å². The van der Waals surface area contributed by atoms with Crippen molar-refractivity contribution in [2.45, 2.75) is 12.3 Å². The molecule has 3 rings (SSSR count). The van der Waals surface area contributed by atoms with Crippen molar-refractivity contribution in [3.63, 3.8) is 0 Å². The van der Waals surface area contributed by atoms with Gasteiger partial charge in [-0.2, -0.15) is 5.26 Å². The Morgan fingerprint density at radius 2 is 1.93 bits per heavy atom. The molecule has 1 heterocycles. The number of benzene rings is 2. The van der Waals surface area contributed by atoms with Crippen molar-refractivity contribution < 1.29 is 9.59 Å². The van der Waals surface area contributed by atoms with Gasteiger partial charge >= 0.3 is 0 Å². The first-order valence-electron chi connectivity index (χ1n) is 8.34. The maximum atomic E-state index is 12.2. The Morgan fingerprint density at radius 3 is 2.61 bits per heavy atom. The maximum Gasteiger partial charge on any atom is 0.234 e. The molecule has 1 atom stereocenters. The Balaban J connectivity index is 1.76. The molecule has 2 aromatic carbocycles. The lowest BCUT2D eigenvalue weighted by molar-refractivity contribution is -0.121. The molecule has 2 amide bonds. The second-order valence-electron chi connectivity index (χ2n) is 6.02. The fourth-order valence-corrected chi connectivity index (χ4v) is 4.09. The number of anilines is 1. The predicted octanol–water partition coefficient (Wildman–Crippen LogP) is 4.70. The lowest BCUT2D eigenvalue weighted by Crippen LogP contribution is -2.31. The number of nitriles is 1. The molecule has 0 bridgehead atoms. The highest BCUT2D eigenvalue weighted by atomic mass is 35.5. The summed E-state index contributed by atoms with van der Waals surface area (Å²) < 4.78 is 0. The van der Waals surface area contributed by atoms with E-state index >= 15 is 0 Å². The largest absolute Gasteiger partial charge is 0.325 e. The van der Waals surface area contributed by atoms with Crippen molar-refractivity contribution in [2.75, 3.05) is 11.1 Å². The molecule has 0 radical (unpaired) electrons. The average Bonchev–Trinajstić information content (AvgIpc) is 2.68. The number of allylic oxidation sites excluding steroid dienone is 1. The monoisotopic (exact) mass is 431 g/mol. The van der Waals surface area contributed by atoms with E-state index in [-0.39, 0.29) is 24.0 Å². The molecule has 0 aliphatic carbocycles. The van der Waals surface area contributed by atoms with E-state index in [4.69, 9.17) is 23.2 Å². The molecule has 28 heavy (non-hydrogen) atoms. The van der Waals surface area contributed by atoms with Gasteiger partial charge in [0.05, 0.1) is 22.4 Å². The van der Waals surface area contributed by atoms with E-state index in [1.54, 1.807) is 42.5 Å². The highest BCUT2D eigenvalue weighted by Crippen LogP contribution is 2.38. The Morgan fingerprint density at radius 1 is 1.21 bits per heavy atom. The number of halogens is 2. The first-order chi connectivity index (χ1) is 13.5. The summed E-state index contributed by atoms with van der Waals surface area (Å²) >= 11 is 13.2. The number of nitrogens with one attached hydrogen (secondary N) is 2. The highest BCUT2D eigenvalue weighted by molar-refractivity contribution is 8.03. The van der Waals surface area contributed by atoms with Gasteiger partial charge in [0.1, 0.15) is 0 Å². The van der Waals surface area contributed by atoms with Gasteiger partial charge in [-0.1, -0.05) is 53.2 Å². The summed E-state index contributed by atoms with van der Waals surface area (Å²) in [6.07, 6.45) is 0.133. The van der Waals surface area contributed by atoms with Gasteiger partial charge in [-0.05, 0) is 35.9 Å². The first kappa shape index (κ1) is 20.3. The molecule has 2 aromatic rings. The minimum atomic E-state index is -0.436. The fraction of sp³-hybridized carbons (Fsp3) is 0.150. The van der Waals surface area contributed by atoms with Crippen molar-refractivity contribution in [3.05, 3.63) is 74.7 Å². The zero-order chi connectivity index (χ0) is 20.1. The van der Waals surface area contributed by atoms with Crippen molar-refractivity contribution in [1.82, 2.24) is 5.32 Å². The molecule has 0 saturated carbocycles. The fourth-order valence-electron chi connectivity index (χ4n) is 2.82. The van der Waals surface area contributed by atoms with E-state index in [0.29, 0.717) is 26.3 Å². The molecule has 1 aliphatic heterocycles. The van der Waals surface area contributed by atoms with Crippen LogP contribution in [0.25, 0.3) is 0 Å². The van der Waals surface area contributed by atoms with Crippen molar-refractivity contribution in [3.8, 4) is 6.07 Å². The molecule has 0 unspecified atom stereocenters. The molecule has 5 nitrogen and oxygen atoms in total. The number of amides is 2. The quantitative estimate of drug-likeness (QED) is 0.718. The van der Waals surface area contributed by atoms with E-state index in [1.165, 1.54) is 0 Å². The third-order valence-electron chi connectivity index (χ3n) is 4.11. The summed E-state index contributed by atoms with van der Waals surface area (Å²) in [4.78, 5) is 24.4. The summed E-state index contributed by atoms with van der Waals surface area (Å²) in [5.41, 5.74) is 1.74. The van der Waals surface area contributed by atoms with E-state index in [9.17, 15) is 14.9 Å². The van der Waals surface area contributed by atoms with Crippen molar-refractivity contribution in [1.29, 1.82) is 5.26 Å². The van der Waals surface area contributed by atoms with Crippen LogP contribution in [0, 0.1) is 11.3 Å². The Kier molecular flexibility index (Phi) is 6.63. The molecule has 0 spiro atoms. The van der Waals surface area contributed by atoms with E-state index < -0.39 is 5.92 Å². The second kappa shape index (κ2) is 9.16. The van der Waals surface area contributed by atoms with E-state index in [2.05, 4.69) is 16.7 Å². The van der Waals surface area contributed by atoms with Crippen molar-refractivity contribution >= 4 is 52.5 Å². The number of carbonyl (C=O) groups is 2. The molecule has 1 aliphatic rings. The molecular formula is C20H15Cl2N3O2S. The lowest BCUT2D eigenvalue weighted by atomic mass is 9.87. The summed E-state index contributed by atoms with van der Waals surface area (Å²) in [5, 5.41) is 16.6. The van der Waals surface area contributed by atoms with Gasteiger partial charge in [-0.25, -0.2) is 0 Å². The Bertz CT molecular complexity index is 984. The van der Waals surface area contributed by atoms with Crippen LogP contribution >= 0.6 is 35.0 Å². The van der Waals surface area contributed by atoms with E-state index in [1.807, 2.05) is 6.07 Å². The van der Waals surface area contributed by atoms with Gasteiger partial charge in [0.25, 0.3) is 0 Å². The molecular weight excluding hydrogens is 417 g/mol. The number of rotatable bonds is 5. The lowest BCUT2D eigenvalue weighted by Gasteiger charge is -2.25. The van der Waals surface area contributed by atoms with Crippen LogP contribution < -0.4 is 10.6 Å². The van der Waals surface area contributed by atoms with Gasteiger partial charge in [-0.15, -0.1) is 0 Å². The first-order valence-corrected chi connectivity index (χ1v) is 10.1. The minimum Gasteiger partial charge on any atom is -0.325 e. The number of hydrogen-bond acceptors (Lipinski definition) is 4. The zero-order valence-electron chi connectivity index (χ0n) is 14.5. The number of hydrogen-bond donors (Lipinski definition) is 2. The van der Waals surface area contributed by atoms with Crippen molar-refractivity contribution in [2.24, 2.45) is 0 Å². The minimum absolute atomic E-state index is 0.0403. The SMILES string of the molecule is N#CC1=C(SCC(=O)Nc2ccc(Cl)cc2)NC(=O)C[C@H]1c1ccccc1Cl. The van der Waals surface area contributed by atoms with E-state index in [0.717, 1.165) is 17.3 Å². The normalized spacial score (nSPS) is 16.3. The highest BCUT2D eigenvalue weighted by Gasteiger charge is 2.31. The average molecular weight is 432 g/mol. The Hall–Kier alpha value is -2.46. The van der Waals surface area contributed by atoms with Crippen LogP contribution in [0.1, 0.15) is 17.9 Å². The molecule has 142 valence electrons. The molecule has 2 N–H and O–H groups in total. The smallest absolute Gasteiger partial charge is 0.234 e. The topological polar surface area (TPSA) is 82.0 Å². The molecule has 8 heteroatoms. The third-order valence-corrected chi connectivity index (χ3v) is 5.73. The summed E-state index contributed by atoms with van der Waals surface area (Å²) in [6.45, 7) is 0. The molecule has 0 fully saturated rings. The van der Waals surface area contributed by atoms with Crippen LogP contribution in [0.5, 0.6) is 0 Å². The predicted molar refractivity (Wildman–Crippen MR) is 112 cm³/mol. The second-order valence-corrected chi connectivity index (χ2v) is 7.85. The van der Waals surface area contributed by atoms with Gasteiger partial charge in [0.2, 0.25) is 11.8 Å². The summed E-state index contributed by atoms with van der Waals surface area (Å²) in [5.74, 6) is -0.872. The third kappa shape index (κ3) is 4.87. The van der Waals surface area contributed by atoms with Gasteiger partial charge in [0.15, 0.2) is 0 Å². The van der Waals surface area contributed by atoms with Crippen LogP contribution in [0.2, 0.25) is 10.0 Å². The zero-order valence-corrected chi connectivity index (χ0v) is 16.9. The van der Waals surface area contributed by atoms with Crippen LogP contribution in [0.3, 0.4) is 0 Å². The van der Waals surface area contributed by atoms with Crippen LogP contribution in [0.15, 0.2) is 59.1 Å². The standard InChI is InChI=1S/C20H15Cl2N3O2S/c21-12-5-7-13(8-6-12)24-19(27)11-28-20-16(10-23)15(9-18(26)25-20)14-3-1-2-4-17(14)22/h1-8,15H,9,11H2,(H,24,27)(H,25,26)/t15-/m0/s1. The Labute approximate surface area is 176 Å². The number of nitrogens with zero attached hydrogens (tertiary/aromatic N) is 1. The summed E-state index contributed by atoms with van der Waals surface area (Å²) in [7, 11) is 0. The maximum absolute atomic E-state index is 12.2. The summed E-state index contributed by atoms with van der Waals surface area (Å²) in [6, 6.07) is 16.1. The van der Waals surface area contributed by atoms with Crippen LogP contribution in [-0.2, 0) is 9.59 Å². The number of thioether (sulfide) groups is 1. The number of carbonyl (C=O) groups excluding carboxylic acids is 2. The molecule has 0 aromatic heterocycles. The van der Waals surface area contributed by atoms with Crippen LogP contribution in [-0.4, -0.2) is 17.6 Å². The van der Waals surface area contributed by atoms with Gasteiger partial charge in [-0.3, -0.25) is 9.59 Å².